The third-order valence-corrected chi connectivity index (χ3v) is 2.62. The number of fused-ring (bicyclic) bond motifs is 1. The molecule has 0 amide bonds. The Kier molecular flexibility index (Phi) is 2.25. The molecule has 0 bridgehead atoms. The summed E-state index contributed by atoms with van der Waals surface area (Å²) >= 11 is 0. The van der Waals surface area contributed by atoms with Gasteiger partial charge in [-0.05, 0) is 6.07 Å². The molecule has 3 rings (SSSR count). The molecule has 3 aromatic heterocycles. The maximum absolute atomic E-state index is 4.33. The molecule has 0 aliphatic rings. The van der Waals surface area contributed by atoms with Crippen molar-refractivity contribution in [2.45, 2.75) is 6.54 Å². The molecule has 0 saturated carbocycles. The van der Waals surface area contributed by atoms with Crippen LogP contribution in [-0.2, 0) is 13.6 Å². The molecule has 0 fully saturated rings. The molecule has 0 saturated heterocycles. The van der Waals surface area contributed by atoms with E-state index >= 15 is 0 Å². The van der Waals surface area contributed by atoms with Crippen molar-refractivity contribution >= 4 is 16.9 Å². The molecule has 0 aliphatic heterocycles. The van der Waals surface area contributed by atoms with Gasteiger partial charge in [-0.1, -0.05) is 0 Å². The smallest absolute Gasteiger partial charge is 0.154 e. The molecule has 0 aromatic carbocycles. The van der Waals surface area contributed by atoms with Gasteiger partial charge < -0.3 is 14.9 Å². The molecule has 6 heteroatoms. The quantitative estimate of drug-likeness (QED) is 0.709. The number of nitrogens with one attached hydrogen (secondary N) is 2. The second kappa shape index (κ2) is 3.89. The Bertz CT molecular complexity index is 625. The zero-order chi connectivity index (χ0) is 11.7. The van der Waals surface area contributed by atoms with E-state index in [1.165, 1.54) is 0 Å². The maximum Gasteiger partial charge on any atom is 0.154 e. The Hall–Kier alpha value is -2.37. The highest BCUT2D eigenvalue weighted by Crippen LogP contribution is 2.18. The van der Waals surface area contributed by atoms with Crippen LogP contribution in [0.1, 0.15) is 5.82 Å². The number of hydrogen-bond acceptors (Lipinski definition) is 4. The fraction of sp³-hybridized carbons (Fsp3) is 0.182. The standard InChI is InChI=1S/C11H12N6/c1-17-7-16-10-8(17)2-3-14-11(10)15-6-9-12-4-5-13-9/h2-5,7H,6H2,1H3,(H,12,13)(H,14,15). The predicted molar refractivity (Wildman–Crippen MR) is 64.4 cm³/mol. The van der Waals surface area contributed by atoms with Crippen LogP contribution in [0.3, 0.4) is 0 Å². The normalized spacial score (nSPS) is 10.9. The summed E-state index contributed by atoms with van der Waals surface area (Å²) in [7, 11) is 1.96. The summed E-state index contributed by atoms with van der Waals surface area (Å²) in [6, 6.07) is 1.94. The lowest BCUT2D eigenvalue weighted by Gasteiger charge is -2.04. The van der Waals surface area contributed by atoms with Crippen LogP contribution in [0.15, 0.2) is 31.0 Å². The van der Waals surface area contributed by atoms with Crippen molar-refractivity contribution in [2.24, 2.45) is 7.05 Å². The Labute approximate surface area is 97.7 Å². The Balaban J connectivity index is 1.90. The van der Waals surface area contributed by atoms with Gasteiger partial charge in [-0.2, -0.15) is 0 Å². The molecule has 0 unspecified atom stereocenters. The lowest BCUT2D eigenvalue weighted by molar-refractivity contribution is 0.947. The average Bonchev–Trinajstić information content (AvgIpc) is 2.97. The minimum Gasteiger partial charge on any atom is -0.361 e. The van der Waals surface area contributed by atoms with Gasteiger partial charge in [0.2, 0.25) is 0 Å². The predicted octanol–water partition coefficient (Wildman–Crippen LogP) is 1.30. The number of H-pyrrole nitrogens is 1. The zero-order valence-electron chi connectivity index (χ0n) is 9.38. The fourth-order valence-electron chi connectivity index (χ4n) is 1.75. The highest BCUT2D eigenvalue weighted by Gasteiger charge is 2.06. The summed E-state index contributed by atoms with van der Waals surface area (Å²) in [5.41, 5.74) is 1.93. The van der Waals surface area contributed by atoms with Crippen LogP contribution < -0.4 is 5.32 Å². The van der Waals surface area contributed by atoms with Gasteiger partial charge in [0.15, 0.2) is 5.82 Å². The molecule has 0 aliphatic carbocycles. The number of pyridine rings is 1. The lowest BCUT2D eigenvalue weighted by atomic mass is 10.3. The highest BCUT2D eigenvalue weighted by atomic mass is 15.1. The van der Waals surface area contributed by atoms with Crippen LogP contribution in [0.5, 0.6) is 0 Å². The van der Waals surface area contributed by atoms with Crippen LogP contribution in [-0.4, -0.2) is 24.5 Å². The second-order valence-corrected chi connectivity index (χ2v) is 3.77. The highest BCUT2D eigenvalue weighted by molar-refractivity contribution is 5.85. The number of nitrogens with zero attached hydrogens (tertiary/aromatic N) is 4. The van der Waals surface area contributed by atoms with E-state index in [0.717, 1.165) is 22.7 Å². The summed E-state index contributed by atoms with van der Waals surface area (Å²) in [6.45, 7) is 0.607. The topological polar surface area (TPSA) is 71.4 Å². The van der Waals surface area contributed by atoms with E-state index in [0.29, 0.717) is 6.54 Å². The summed E-state index contributed by atoms with van der Waals surface area (Å²) in [5.74, 6) is 1.65. The van der Waals surface area contributed by atoms with Gasteiger partial charge in [-0.15, -0.1) is 0 Å². The summed E-state index contributed by atoms with van der Waals surface area (Å²) < 4.78 is 1.97. The first-order valence-electron chi connectivity index (χ1n) is 5.33. The van der Waals surface area contributed by atoms with Crippen molar-refractivity contribution in [1.29, 1.82) is 0 Å². The maximum atomic E-state index is 4.33. The van der Waals surface area contributed by atoms with Crippen molar-refractivity contribution in [2.75, 3.05) is 5.32 Å². The Morgan fingerprint density at radius 2 is 2.24 bits per heavy atom. The minimum atomic E-state index is 0.607. The minimum absolute atomic E-state index is 0.607. The van der Waals surface area contributed by atoms with Crippen molar-refractivity contribution in [1.82, 2.24) is 24.5 Å². The molecule has 0 spiro atoms. The molecular formula is C11H12N6. The van der Waals surface area contributed by atoms with Crippen molar-refractivity contribution in [3.05, 3.63) is 36.8 Å². The third kappa shape index (κ3) is 1.73. The van der Waals surface area contributed by atoms with Crippen LogP contribution in [0, 0.1) is 0 Å². The molecular weight excluding hydrogens is 216 g/mol. The monoisotopic (exact) mass is 228 g/mol. The van der Waals surface area contributed by atoms with E-state index in [-0.39, 0.29) is 0 Å². The van der Waals surface area contributed by atoms with E-state index in [4.69, 9.17) is 0 Å². The third-order valence-electron chi connectivity index (χ3n) is 2.62. The van der Waals surface area contributed by atoms with Gasteiger partial charge in [-0.25, -0.2) is 15.0 Å². The molecule has 86 valence electrons. The average molecular weight is 228 g/mol. The summed E-state index contributed by atoms with van der Waals surface area (Å²) in [6.07, 6.45) is 7.08. The molecule has 17 heavy (non-hydrogen) atoms. The van der Waals surface area contributed by atoms with E-state index in [1.807, 2.05) is 17.7 Å². The second-order valence-electron chi connectivity index (χ2n) is 3.77. The number of anilines is 1. The number of aromatic nitrogens is 5. The molecule has 2 N–H and O–H groups in total. The first kappa shape index (κ1) is 9.83. The zero-order valence-corrected chi connectivity index (χ0v) is 9.38. The number of hydrogen-bond donors (Lipinski definition) is 2. The van der Waals surface area contributed by atoms with Gasteiger partial charge in [0.1, 0.15) is 11.3 Å². The van der Waals surface area contributed by atoms with E-state index in [1.54, 1.807) is 24.9 Å². The van der Waals surface area contributed by atoms with Gasteiger partial charge in [0.25, 0.3) is 0 Å². The summed E-state index contributed by atoms with van der Waals surface area (Å²) in [5, 5.41) is 3.22. The lowest BCUT2D eigenvalue weighted by Crippen LogP contribution is -2.03. The van der Waals surface area contributed by atoms with Gasteiger partial charge in [0, 0.05) is 25.6 Å². The van der Waals surface area contributed by atoms with Crippen molar-refractivity contribution in [3.63, 3.8) is 0 Å². The molecule has 0 radical (unpaired) electrons. The van der Waals surface area contributed by atoms with Crippen LogP contribution in [0.4, 0.5) is 5.82 Å². The fourth-order valence-corrected chi connectivity index (χ4v) is 1.75. The van der Waals surface area contributed by atoms with E-state index in [2.05, 4.69) is 25.3 Å². The Morgan fingerprint density at radius 3 is 3.06 bits per heavy atom. The van der Waals surface area contributed by atoms with E-state index < -0.39 is 0 Å². The van der Waals surface area contributed by atoms with Crippen LogP contribution in [0.25, 0.3) is 11.0 Å². The molecule has 3 aromatic rings. The number of aryl methyl sites for hydroxylation is 1. The van der Waals surface area contributed by atoms with Crippen molar-refractivity contribution < 1.29 is 0 Å². The van der Waals surface area contributed by atoms with Gasteiger partial charge >= 0.3 is 0 Å². The molecule has 0 atom stereocenters. The molecule has 3 heterocycles. The van der Waals surface area contributed by atoms with Crippen molar-refractivity contribution in [3.8, 4) is 0 Å². The first-order chi connectivity index (χ1) is 8.34. The Morgan fingerprint density at radius 1 is 1.29 bits per heavy atom. The number of imidazole rings is 2. The van der Waals surface area contributed by atoms with Gasteiger partial charge in [-0.3, -0.25) is 0 Å². The SMILES string of the molecule is Cn1cnc2c(NCc3ncc[nH]3)nccc21. The largest absolute Gasteiger partial charge is 0.361 e. The molecule has 6 nitrogen and oxygen atoms in total. The van der Waals surface area contributed by atoms with Gasteiger partial charge in [0.05, 0.1) is 18.4 Å². The number of aromatic amines is 1. The first-order valence-corrected chi connectivity index (χ1v) is 5.33. The van der Waals surface area contributed by atoms with E-state index in [9.17, 15) is 0 Å². The van der Waals surface area contributed by atoms with Crippen LogP contribution in [0.2, 0.25) is 0 Å². The number of rotatable bonds is 3. The summed E-state index contributed by atoms with van der Waals surface area (Å²) in [4.78, 5) is 15.8. The van der Waals surface area contributed by atoms with Crippen LogP contribution >= 0.6 is 0 Å².